The second-order valence-electron chi connectivity index (χ2n) is 5.51. The molecule has 3 rings (SSSR count). The SMILES string of the molecule is Cl.Cl.NC1CCC(C(=O)NCCc2nc3ccccc3[nH]2)C1. The van der Waals surface area contributed by atoms with Gasteiger partial charge in [0.05, 0.1) is 11.0 Å². The normalized spacial score (nSPS) is 20.2. The molecule has 7 heteroatoms. The molecule has 0 spiro atoms. The lowest BCUT2D eigenvalue weighted by Gasteiger charge is -2.09. The van der Waals surface area contributed by atoms with Crippen molar-refractivity contribution < 1.29 is 4.79 Å². The maximum atomic E-state index is 12.0. The van der Waals surface area contributed by atoms with Gasteiger partial charge in [-0.25, -0.2) is 4.98 Å². The lowest BCUT2D eigenvalue weighted by molar-refractivity contribution is -0.124. The number of nitrogens with zero attached hydrogens (tertiary/aromatic N) is 1. The monoisotopic (exact) mass is 344 g/mol. The number of fused-ring (bicyclic) bond motifs is 1. The summed E-state index contributed by atoms with van der Waals surface area (Å²) in [5.41, 5.74) is 7.84. The fourth-order valence-electron chi connectivity index (χ4n) is 2.83. The Morgan fingerprint density at radius 1 is 1.32 bits per heavy atom. The van der Waals surface area contributed by atoms with Gasteiger partial charge in [-0.2, -0.15) is 0 Å². The Hall–Kier alpha value is -1.30. The van der Waals surface area contributed by atoms with E-state index in [0.717, 1.165) is 42.5 Å². The number of para-hydroxylation sites is 2. The minimum atomic E-state index is 0. The Morgan fingerprint density at radius 3 is 2.77 bits per heavy atom. The van der Waals surface area contributed by atoms with Crippen LogP contribution in [0.3, 0.4) is 0 Å². The van der Waals surface area contributed by atoms with E-state index in [1.54, 1.807) is 0 Å². The van der Waals surface area contributed by atoms with Gasteiger partial charge >= 0.3 is 0 Å². The molecule has 0 bridgehead atoms. The summed E-state index contributed by atoms with van der Waals surface area (Å²) in [6, 6.07) is 8.13. The predicted molar refractivity (Wildman–Crippen MR) is 92.6 cm³/mol. The zero-order valence-electron chi connectivity index (χ0n) is 12.2. The van der Waals surface area contributed by atoms with Crippen LogP contribution in [0, 0.1) is 5.92 Å². The number of rotatable bonds is 4. The van der Waals surface area contributed by atoms with Crippen LogP contribution in [0.5, 0.6) is 0 Å². The molecule has 122 valence electrons. The third-order valence-electron chi connectivity index (χ3n) is 3.94. The summed E-state index contributed by atoms with van der Waals surface area (Å²) in [6.45, 7) is 0.615. The number of H-pyrrole nitrogens is 1. The molecular formula is C15H22Cl2N4O. The molecule has 2 unspecified atom stereocenters. The molecule has 1 heterocycles. The number of nitrogens with two attached hydrogens (primary N) is 1. The van der Waals surface area contributed by atoms with E-state index in [-0.39, 0.29) is 42.7 Å². The van der Waals surface area contributed by atoms with Gasteiger partial charge in [-0.05, 0) is 31.4 Å². The summed E-state index contributed by atoms with van der Waals surface area (Å²) in [5.74, 6) is 1.14. The van der Waals surface area contributed by atoms with Crippen molar-refractivity contribution in [2.24, 2.45) is 11.7 Å². The molecule has 1 amide bonds. The number of imidazole rings is 1. The number of carbonyl (C=O) groups excluding carboxylic acids is 1. The van der Waals surface area contributed by atoms with E-state index in [2.05, 4.69) is 15.3 Å². The van der Waals surface area contributed by atoms with Crippen LogP contribution in [-0.2, 0) is 11.2 Å². The van der Waals surface area contributed by atoms with Gasteiger partial charge < -0.3 is 16.0 Å². The Balaban J connectivity index is 0.00000121. The molecular weight excluding hydrogens is 323 g/mol. The molecule has 1 aromatic heterocycles. The van der Waals surface area contributed by atoms with E-state index in [0.29, 0.717) is 6.54 Å². The molecule has 1 fully saturated rings. The number of aromatic nitrogens is 2. The number of carbonyl (C=O) groups is 1. The summed E-state index contributed by atoms with van der Waals surface area (Å²) >= 11 is 0. The van der Waals surface area contributed by atoms with Gasteiger partial charge in [0.25, 0.3) is 0 Å². The molecule has 1 aliphatic rings. The molecule has 1 aromatic carbocycles. The van der Waals surface area contributed by atoms with Crippen molar-refractivity contribution in [3.63, 3.8) is 0 Å². The first-order chi connectivity index (χ1) is 9.72. The smallest absolute Gasteiger partial charge is 0.223 e. The van der Waals surface area contributed by atoms with Gasteiger partial charge in [0.1, 0.15) is 5.82 Å². The summed E-state index contributed by atoms with van der Waals surface area (Å²) in [4.78, 5) is 19.7. The van der Waals surface area contributed by atoms with Gasteiger partial charge in [0.15, 0.2) is 0 Å². The highest BCUT2D eigenvalue weighted by Gasteiger charge is 2.27. The standard InChI is InChI=1S/C15H20N4O.2ClH/c16-11-6-5-10(9-11)15(20)17-8-7-14-18-12-3-1-2-4-13(12)19-14;;/h1-4,10-11H,5-9,16H2,(H,17,20)(H,18,19);2*1H. The van der Waals surface area contributed by atoms with Crippen molar-refractivity contribution in [1.82, 2.24) is 15.3 Å². The third kappa shape index (κ3) is 4.35. The second kappa shape index (κ2) is 8.36. The maximum Gasteiger partial charge on any atom is 0.223 e. The predicted octanol–water partition coefficient (Wildman–Crippen LogP) is 2.19. The number of halogens is 2. The quantitative estimate of drug-likeness (QED) is 0.794. The number of amides is 1. The fourth-order valence-corrected chi connectivity index (χ4v) is 2.83. The van der Waals surface area contributed by atoms with Gasteiger partial charge in [-0.1, -0.05) is 12.1 Å². The highest BCUT2D eigenvalue weighted by atomic mass is 35.5. The third-order valence-corrected chi connectivity index (χ3v) is 3.94. The van der Waals surface area contributed by atoms with E-state index in [4.69, 9.17) is 5.73 Å². The zero-order chi connectivity index (χ0) is 13.9. The number of hydrogen-bond acceptors (Lipinski definition) is 3. The Morgan fingerprint density at radius 2 is 2.09 bits per heavy atom. The Kier molecular flexibility index (Phi) is 7.13. The lowest BCUT2D eigenvalue weighted by atomic mass is 10.1. The summed E-state index contributed by atoms with van der Waals surface area (Å²) in [7, 11) is 0. The van der Waals surface area contributed by atoms with Gasteiger partial charge in [0, 0.05) is 24.9 Å². The van der Waals surface area contributed by atoms with E-state index in [1.807, 2.05) is 24.3 Å². The summed E-state index contributed by atoms with van der Waals surface area (Å²) in [5, 5.41) is 2.98. The second-order valence-corrected chi connectivity index (χ2v) is 5.51. The minimum Gasteiger partial charge on any atom is -0.355 e. The molecule has 0 radical (unpaired) electrons. The highest BCUT2D eigenvalue weighted by Crippen LogP contribution is 2.23. The van der Waals surface area contributed by atoms with Crippen LogP contribution in [-0.4, -0.2) is 28.5 Å². The van der Waals surface area contributed by atoms with Crippen molar-refractivity contribution in [1.29, 1.82) is 0 Å². The van der Waals surface area contributed by atoms with Crippen LogP contribution >= 0.6 is 24.8 Å². The lowest BCUT2D eigenvalue weighted by Crippen LogP contribution is -2.32. The topological polar surface area (TPSA) is 83.8 Å². The average Bonchev–Trinajstić information content (AvgIpc) is 3.04. The molecule has 1 saturated carbocycles. The maximum absolute atomic E-state index is 12.0. The van der Waals surface area contributed by atoms with Crippen molar-refractivity contribution in [2.45, 2.75) is 31.7 Å². The fraction of sp³-hybridized carbons (Fsp3) is 0.467. The van der Waals surface area contributed by atoms with E-state index >= 15 is 0 Å². The van der Waals surface area contributed by atoms with Crippen LogP contribution in [0.4, 0.5) is 0 Å². The van der Waals surface area contributed by atoms with E-state index in [1.165, 1.54) is 0 Å². The van der Waals surface area contributed by atoms with Crippen LogP contribution < -0.4 is 11.1 Å². The first-order valence-electron chi connectivity index (χ1n) is 7.19. The van der Waals surface area contributed by atoms with Crippen molar-refractivity contribution >= 4 is 41.8 Å². The van der Waals surface area contributed by atoms with Crippen LogP contribution in [0.15, 0.2) is 24.3 Å². The van der Waals surface area contributed by atoms with Crippen molar-refractivity contribution in [3.8, 4) is 0 Å². The molecule has 2 aromatic rings. The van der Waals surface area contributed by atoms with Crippen molar-refractivity contribution in [2.75, 3.05) is 6.54 Å². The molecule has 2 atom stereocenters. The molecule has 0 saturated heterocycles. The van der Waals surface area contributed by atoms with Gasteiger partial charge in [0.2, 0.25) is 5.91 Å². The van der Waals surface area contributed by atoms with Crippen molar-refractivity contribution in [3.05, 3.63) is 30.1 Å². The summed E-state index contributed by atoms with van der Waals surface area (Å²) < 4.78 is 0. The first kappa shape index (κ1) is 18.7. The molecule has 4 N–H and O–H groups in total. The molecule has 5 nitrogen and oxygen atoms in total. The van der Waals surface area contributed by atoms with Crippen LogP contribution in [0.1, 0.15) is 25.1 Å². The highest BCUT2D eigenvalue weighted by molar-refractivity contribution is 5.85. The first-order valence-corrected chi connectivity index (χ1v) is 7.19. The molecule has 22 heavy (non-hydrogen) atoms. The van der Waals surface area contributed by atoms with E-state index < -0.39 is 0 Å². The number of hydrogen-bond donors (Lipinski definition) is 3. The number of nitrogens with one attached hydrogen (secondary N) is 2. The van der Waals surface area contributed by atoms with Gasteiger partial charge in [-0.15, -0.1) is 24.8 Å². The number of benzene rings is 1. The summed E-state index contributed by atoms with van der Waals surface area (Å²) in [6.07, 6.45) is 3.41. The minimum absolute atomic E-state index is 0. The van der Waals surface area contributed by atoms with Crippen LogP contribution in [0.25, 0.3) is 11.0 Å². The molecule has 1 aliphatic carbocycles. The zero-order valence-corrected chi connectivity index (χ0v) is 13.9. The Bertz CT molecular complexity index is 583. The molecule has 0 aliphatic heterocycles. The van der Waals surface area contributed by atoms with Gasteiger partial charge in [-0.3, -0.25) is 4.79 Å². The Labute approximate surface area is 142 Å². The van der Waals surface area contributed by atoms with E-state index in [9.17, 15) is 4.79 Å². The largest absolute Gasteiger partial charge is 0.355 e. The van der Waals surface area contributed by atoms with Crippen LogP contribution in [0.2, 0.25) is 0 Å². The average molecular weight is 345 g/mol. The number of aromatic amines is 1.